The topological polar surface area (TPSA) is 55.1 Å². The minimum absolute atomic E-state index is 0.0731. The van der Waals surface area contributed by atoms with E-state index in [9.17, 15) is 4.79 Å². The van der Waals surface area contributed by atoms with Crippen LogP contribution < -0.4 is 11.1 Å². The quantitative estimate of drug-likeness (QED) is 0.816. The maximum Gasteiger partial charge on any atom is 0.253 e. The number of benzene rings is 1. The van der Waals surface area contributed by atoms with Gasteiger partial charge in [-0.2, -0.15) is 0 Å². The van der Waals surface area contributed by atoms with E-state index in [1.807, 2.05) is 0 Å². The highest BCUT2D eigenvalue weighted by atomic mass is 35.5. The minimum atomic E-state index is -0.0731. The molecule has 19 heavy (non-hydrogen) atoms. The largest absolute Gasteiger partial charge is 0.399 e. The van der Waals surface area contributed by atoms with Gasteiger partial charge in [0.1, 0.15) is 0 Å². The molecule has 4 heteroatoms. The Kier molecular flexibility index (Phi) is 2.37. The zero-order valence-electron chi connectivity index (χ0n) is 10.6. The van der Waals surface area contributed by atoms with Gasteiger partial charge in [0, 0.05) is 11.7 Å². The van der Waals surface area contributed by atoms with Gasteiger partial charge in [0.25, 0.3) is 5.91 Å². The molecule has 3 N–H and O–H groups in total. The summed E-state index contributed by atoms with van der Waals surface area (Å²) in [6.45, 7) is 0. The first-order valence-electron chi connectivity index (χ1n) is 7.01. The molecule has 3 nitrogen and oxygen atoms in total. The van der Waals surface area contributed by atoms with Gasteiger partial charge in [0.05, 0.1) is 10.6 Å². The number of nitrogen functional groups attached to an aromatic ring is 1. The number of anilines is 1. The fraction of sp³-hybridized carbons (Fsp3) is 0.533. The molecular formula is C15H17ClN2O. The second kappa shape index (κ2) is 3.89. The first-order valence-corrected chi connectivity index (χ1v) is 7.39. The van der Waals surface area contributed by atoms with Crippen molar-refractivity contribution in [3.05, 3.63) is 28.8 Å². The molecular weight excluding hydrogens is 260 g/mol. The monoisotopic (exact) mass is 276 g/mol. The summed E-state index contributed by atoms with van der Waals surface area (Å²) < 4.78 is 0. The molecule has 0 spiro atoms. The van der Waals surface area contributed by atoms with Crippen LogP contribution in [0.25, 0.3) is 0 Å². The van der Waals surface area contributed by atoms with Crippen LogP contribution in [-0.4, -0.2) is 11.9 Å². The molecule has 0 heterocycles. The minimum Gasteiger partial charge on any atom is -0.399 e. The third kappa shape index (κ3) is 1.68. The normalized spacial score (nSPS) is 38.1. The maximum atomic E-state index is 12.3. The van der Waals surface area contributed by atoms with E-state index in [0.717, 1.165) is 23.7 Å². The van der Waals surface area contributed by atoms with Crippen LogP contribution in [0.15, 0.2) is 18.2 Å². The van der Waals surface area contributed by atoms with Crippen LogP contribution >= 0.6 is 11.6 Å². The molecule has 3 aliphatic rings. The van der Waals surface area contributed by atoms with Crippen LogP contribution in [0, 0.1) is 23.7 Å². The number of fused-ring (bicyclic) bond motifs is 5. The summed E-state index contributed by atoms with van der Waals surface area (Å²) in [5.41, 5.74) is 6.79. The second-order valence-corrected chi connectivity index (χ2v) is 6.63. The summed E-state index contributed by atoms with van der Waals surface area (Å²) in [6, 6.07) is 5.44. The lowest BCUT2D eigenvalue weighted by Gasteiger charge is -2.11. The van der Waals surface area contributed by atoms with E-state index >= 15 is 0 Å². The van der Waals surface area contributed by atoms with Gasteiger partial charge in [-0.1, -0.05) is 11.6 Å². The van der Waals surface area contributed by atoms with Gasteiger partial charge in [-0.25, -0.2) is 0 Å². The highest BCUT2D eigenvalue weighted by Crippen LogP contribution is 2.65. The smallest absolute Gasteiger partial charge is 0.253 e. The number of rotatable bonds is 2. The zero-order chi connectivity index (χ0) is 13.1. The van der Waals surface area contributed by atoms with E-state index in [4.69, 9.17) is 17.3 Å². The lowest BCUT2D eigenvalue weighted by Crippen LogP contribution is -2.30. The lowest BCUT2D eigenvalue weighted by molar-refractivity contribution is 0.0944. The molecule has 3 aliphatic carbocycles. The van der Waals surface area contributed by atoms with E-state index in [1.54, 1.807) is 18.2 Å². The van der Waals surface area contributed by atoms with Crippen LogP contribution in [0.5, 0.6) is 0 Å². The maximum absolute atomic E-state index is 12.3. The van der Waals surface area contributed by atoms with Crippen LogP contribution in [0.1, 0.15) is 29.6 Å². The second-order valence-electron chi connectivity index (χ2n) is 6.23. The number of carbonyl (C=O) groups is 1. The van der Waals surface area contributed by atoms with Crippen molar-refractivity contribution in [1.29, 1.82) is 0 Å². The number of amides is 1. The summed E-state index contributed by atoms with van der Waals surface area (Å²) in [4.78, 5) is 12.3. The first kappa shape index (κ1) is 11.6. The molecule has 0 saturated heterocycles. The van der Waals surface area contributed by atoms with Crippen molar-refractivity contribution in [2.45, 2.75) is 25.3 Å². The fourth-order valence-electron chi connectivity index (χ4n) is 4.46. The van der Waals surface area contributed by atoms with E-state index in [1.165, 1.54) is 19.3 Å². The molecule has 3 fully saturated rings. The van der Waals surface area contributed by atoms with Crippen molar-refractivity contribution in [3.63, 3.8) is 0 Å². The van der Waals surface area contributed by atoms with Crippen LogP contribution in [0.3, 0.4) is 0 Å². The SMILES string of the molecule is Nc1ccc(Cl)c(C(=O)NC2C3C4CCC(C4)C23)c1. The Hall–Kier alpha value is -1.22. The molecule has 4 unspecified atom stereocenters. The third-order valence-electron chi connectivity index (χ3n) is 5.27. The molecule has 0 aliphatic heterocycles. The summed E-state index contributed by atoms with van der Waals surface area (Å²) in [7, 11) is 0. The number of carbonyl (C=O) groups excluding carboxylic acids is 1. The molecule has 100 valence electrons. The Balaban J connectivity index is 1.50. The van der Waals surface area contributed by atoms with Crippen molar-refractivity contribution < 1.29 is 4.79 Å². The Bertz CT molecular complexity index is 543. The standard InChI is InChI=1S/C15H17ClN2O/c16-11-4-3-9(17)6-10(11)15(19)18-14-12-7-1-2-8(5-7)13(12)14/h3-4,6-8,12-14H,1-2,5,17H2,(H,18,19). The molecule has 4 atom stereocenters. The van der Waals surface area contributed by atoms with Gasteiger partial charge in [-0.05, 0) is 61.1 Å². The average molecular weight is 277 g/mol. The summed E-state index contributed by atoms with van der Waals surface area (Å²) in [5, 5.41) is 3.63. The van der Waals surface area contributed by atoms with Gasteiger partial charge in [-0.3, -0.25) is 4.79 Å². The van der Waals surface area contributed by atoms with Crippen LogP contribution in [-0.2, 0) is 0 Å². The molecule has 1 aromatic carbocycles. The average Bonchev–Trinajstić information content (AvgIpc) is 2.80. The molecule has 4 rings (SSSR count). The summed E-state index contributed by atoms with van der Waals surface area (Å²) >= 11 is 6.07. The van der Waals surface area contributed by atoms with Crippen LogP contribution in [0.4, 0.5) is 5.69 Å². The Morgan fingerprint density at radius 3 is 2.63 bits per heavy atom. The van der Waals surface area contributed by atoms with Crippen molar-refractivity contribution in [2.24, 2.45) is 23.7 Å². The van der Waals surface area contributed by atoms with E-state index < -0.39 is 0 Å². The predicted molar refractivity (Wildman–Crippen MR) is 74.9 cm³/mol. The molecule has 1 amide bonds. The number of nitrogens with one attached hydrogen (secondary N) is 1. The Morgan fingerprint density at radius 1 is 1.26 bits per heavy atom. The Labute approximate surface area is 117 Å². The van der Waals surface area contributed by atoms with E-state index in [0.29, 0.717) is 22.3 Å². The van der Waals surface area contributed by atoms with E-state index in [2.05, 4.69) is 5.32 Å². The number of nitrogens with two attached hydrogens (primary N) is 1. The van der Waals surface area contributed by atoms with Crippen LogP contribution in [0.2, 0.25) is 5.02 Å². The highest BCUT2D eigenvalue weighted by molar-refractivity contribution is 6.34. The van der Waals surface area contributed by atoms with Gasteiger partial charge in [-0.15, -0.1) is 0 Å². The van der Waals surface area contributed by atoms with Crippen molar-refractivity contribution in [3.8, 4) is 0 Å². The van der Waals surface area contributed by atoms with Gasteiger partial charge < -0.3 is 11.1 Å². The lowest BCUT2D eigenvalue weighted by atomic mass is 10.0. The van der Waals surface area contributed by atoms with Gasteiger partial charge in [0.15, 0.2) is 0 Å². The van der Waals surface area contributed by atoms with Gasteiger partial charge in [0.2, 0.25) is 0 Å². The molecule has 3 saturated carbocycles. The molecule has 0 aromatic heterocycles. The van der Waals surface area contributed by atoms with Crippen molar-refractivity contribution in [1.82, 2.24) is 5.32 Å². The summed E-state index contributed by atoms with van der Waals surface area (Å²) in [6.07, 6.45) is 4.11. The highest BCUT2D eigenvalue weighted by Gasteiger charge is 2.65. The van der Waals surface area contributed by atoms with Crippen molar-refractivity contribution >= 4 is 23.2 Å². The fourth-order valence-corrected chi connectivity index (χ4v) is 4.67. The number of hydrogen-bond acceptors (Lipinski definition) is 2. The van der Waals surface area contributed by atoms with Crippen molar-refractivity contribution in [2.75, 3.05) is 5.73 Å². The predicted octanol–water partition coefficient (Wildman–Crippen LogP) is 2.70. The summed E-state index contributed by atoms with van der Waals surface area (Å²) in [5.74, 6) is 3.12. The van der Waals surface area contributed by atoms with E-state index in [-0.39, 0.29) is 5.91 Å². The Morgan fingerprint density at radius 2 is 1.95 bits per heavy atom. The third-order valence-corrected chi connectivity index (χ3v) is 5.60. The molecule has 0 radical (unpaired) electrons. The van der Waals surface area contributed by atoms with Gasteiger partial charge >= 0.3 is 0 Å². The zero-order valence-corrected chi connectivity index (χ0v) is 11.4. The number of hydrogen-bond donors (Lipinski definition) is 2. The molecule has 1 aromatic rings. The first-order chi connectivity index (χ1) is 9.15. The molecule has 2 bridgehead atoms. The number of halogens is 1.